The minimum absolute atomic E-state index is 0.545. The number of nitrogens with zero attached hydrogens (tertiary/aromatic N) is 2. The minimum atomic E-state index is 0.545. The Labute approximate surface area is 94.7 Å². The molecule has 0 unspecified atom stereocenters. The van der Waals surface area contributed by atoms with E-state index < -0.39 is 0 Å². The van der Waals surface area contributed by atoms with Crippen molar-refractivity contribution in [2.45, 2.75) is 13.0 Å². The first kappa shape index (κ1) is 10.6. The van der Waals surface area contributed by atoms with Crippen LogP contribution in [-0.2, 0) is 6.54 Å². The van der Waals surface area contributed by atoms with Gasteiger partial charge in [-0.2, -0.15) is 5.26 Å². The number of nitriles is 1. The molecule has 0 atom stereocenters. The summed E-state index contributed by atoms with van der Waals surface area (Å²) in [5.41, 5.74) is 2.24. The molecule has 0 saturated carbocycles. The Morgan fingerprint density at radius 3 is 3.00 bits per heavy atom. The number of fused-ring (bicyclic) bond motifs is 1. The molecule has 0 aliphatic carbocycles. The van der Waals surface area contributed by atoms with Crippen LogP contribution in [0.4, 0.5) is 0 Å². The summed E-state index contributed by atoms with van der Waals surface area (Å²) >= 11 is 0. The van der Waals surface area contributed by atoms with Gasteiger partial charge in [0.1, 0.15) is 0 Å². The quantitative estimate of drug-likeness (QED) is 0.789. The molecule has 1 heterocycles. The van der Waals surface area contributed by atoms with Crippen LogP contribution in [0.15, 0.2) is 36.5 Å². The molecule has 16 heavy (non-hydrogen) atoms. The van der Waals surface area contributed by atoms with Gasteiger partial charge in [-0.05, 0) is 17.7 Å². The van der Waals surface area contributed by atoms with E-state index in [9.17, 15) is 0 Å². The van der Waals surface area contributed by atoms with Crippen LogP contribution in [0.2, 0.25) is 0 Å². The van der Waals surface area contributed by atoms with Crippen molar-refractivity contribution in [2.24, 2.45) is 0 Å². The molecule has 0 spiro atoms. The van der Waals surface area contributed by atoms with E-state index in [0.717, 1.165) is 18.6 Å². The number of para-hydroxylation sites is 1. The van der Waals surface area contributed by atoms with Crippen LogP contribution >= 0.6 is 0 Å². The second-order valence-corrected chi connectivity index (χ2v) is 3.57. The molecule has 0 aliphatic rings. The van der Waals surface area contributed by atoms with Crippen LogP contribution in [0.3, 0.4) is 0 Å². The van der Waals surface area contributed by atoms with Crippen molar-refractivity contribution >= 4 is 10.9 Å². The molecule has 0 aliphatic heterocycles. The second kappa shape index (κ2) is 5.24. The summed E-state index contributed by atoms with van der Waals surface area (Å²) in [7, 11) is 0. The van der Waals surface area contributed by atoms with Gasteiger partial charge >= 0.3 is 0 Å². The van der Waals surface area contributed by atoms with Crippen LogP contribution < -0.4 is 5.32 Å². The summed E-state index contributed by atoms with van der Waals surface area (Å²) in [6, 6.07) is 12.2. The molecular formula is C13H13N3. The van der Waals surface area contributed by atoms with Crippen molar-refractivity contribution in [1.29, 1.82) is 5.26 Å². The first-order valence-electron chi connectivity index (χ1n) is 5.32. The number of hydrogen-bond donors (Lipinski definition) is 1. The maximum Gasteiger partial charge on any atom is 0.0705 e. The number of rotatable bonds is 4. The van der Waals surface area contributed by atoms with Crippen LogP contribution in [0, 0.1) is 11.3 Å². The highest BCUT2D eigenvalue weighted by atomic mass is 14.8. The summed E-state index contributed by atoms with van der Waals surface area (Å²) < 4.78 is 0. The lowest BCUT2D eigenvalue weighted by Crippen LogP contribution is -2.14. The third-order valence-electron chi connectivity index (χ3n) is 2.47. The maximum atomic E-state index is 8.44. The van der Waals surface area contributed by atoms with Crippen LogP contribution in [0.5, 0.6) is 0 Å². The molecule has 0 radical (unpaired) electrons. The molecule has 2 rings (SSSR count). The summed E-state index contributed by atoms with van der Waals surface area (Å²) in [6.07, 6.45) is 2.37. The zero-order valence-corrected chi connectivity index (χ0v) is 8.98. The number of benzene rings is 1. The van der Waals surface area contributed by atoms with E-state index in [1.165, 1.54) is 10.9 Å². The van der Waals surface area contributed by atoms with Crippen LogP contribution in [-0.4, -0.2) is 11.5 Å². The van der Waals surface area contributed by atoms with Gasteiger partial charge in [-0.25, -0.2) is 0 Å². The molecule has 1 aromatic carbocycles. The van der Waals surface area contributed by atoms with Gasteiger partial charge in [0, 0.05) is 31.1 Å². The summed E-state index contributed by atoms with van der Waals surface area (Å²) in [5.74, 6) is 0. The van der Waals surface area contributed by atoms with Crippen molar-refractivity contribution in [1.82, 2.24) is 10.3 Å². The average molecular weight is 211 g/mol. The fraction of sp³-hybridized carbons (Fsp3) is 0.231. The standard InChI is InChI=1S/C13H13N3/c14-7-3-8-15-10-11-6-9-16-13-5-2-1-4-12(11)13/h1-2,4-6,9,15H,3,8,10H2. The summed E-state index contributed by atoms with van der Waals surface area (Å²) in [6.45, 7) is 1.51. The molecule has 0 bridgehead atoms. The van der Waals surface area contributed by atoms with Crippen molar-refractivity contribution in [3.63, 3.8) is 0 Å². The Morgan fingerprint density at radius 2 is 2.12 bits per heavy atom. The van der Waals surface area contributed by atoms with Gasteiger partial charge in [0.25, 0.3) is 0 Å². The van der Waals surface area contributed by atoms with Crippen LogP contribution in [0.1, 0.15) is 12.0 Å². The number of nitrogens with one attached hydrogen (secondary N) is 1. The molecule has 0 amide bonds. The van der Waals surface area contributed by atoms with E-state index in [1.807, 2.05) is 30.5 Å². The van der Waals surface area contributed by atoms with Crippen molar-refractivity contribution in [3.8, 4) is 6.07 Å². The zero-order chi connectivity index (χ0) is 11.2. The zero-order valence-electron chi connectivity index (χ0n) is 8.98. The summed E-state index contributed by atoms with van der Waals surface area (Å²) in [4.78, 5) is 4.31. The van der Waals surface area contributed by atoms with Gasteiger partial charge in [0.2, 0.25) is 0 Å². The Morgan fingerprint density at radius 1 is 1.25 bits per heavy atom. The minimum Gasteiger partial charge on any atom is -0.312 e. The molecule has 80 valence electrons. The third-order valence-corrected chi connectivity index (χ3v) is 2.47. The Bertz CT molecular complexity index is 509. The number of aromatic nitrogens is 1. The van der Waals surface area contributed by atoms with Gasteiger partial charge in [-0.15, -0.1) is 0 Å². The molecule has 0 saturated heterocycles. The molecule has 2 aromatic rings. The highest BCUT2D eigenvalue weighted by molar-refractivity contribution is 5.81. The van der Waals surface area contributed by atoms with Gasteiger partial charge in [-0.3, -0.25) is 4.98 Å². The largest absolute Gasteiger partial charge is 0.312 e. The lowest BCUT2D eigenvalue weighted by atomic mass is 10.1. The molecule has 3 heteroatoms. The average Bonchev–Trinajstić information content (AvgIpc) is 2.35. The van der Waals surface area contributed by atoms with Crippen molar-refractivity contribution in [2.75, 3.05) is 6.54 Å². The number of pyridine rings is 1. The van der Waals surface area contributed by atoms with E-state index in [2.05, 4.69) is 22.4 Å². The number of hydrogen-bond acceptors (Lipinski definition) is 3. The second-order valence-electron chi connectivity index (χ2n) is 3.57. The lowest BCUT2D eigenvalue weighted by molar-refractivity contribution is 0.701. The maximum absolute atomic E-state index is 8.44. The molecule has 0 fully saturated rings. The van der Waals surface area contributed by atoms with E-state index >= 15 is 0 Å². The molecule has 3 nitrogen and oxygen atoms in total. The van der Waals surface area contributed by atoms with E-state index in [1.54, 1.807) is 0 Å². The lowest BCUT2D eigenvalue weighted by Gasteiger charge is -2.06. The topological polar surface area (TPSA) is 48.7 Å². The highest BCUT2D eigenvalue weighted by Crippen LogP contribution is 2.15. The Hall–Kier alpha value is -1.92. The third kappa shape index (κ3) is 2.36. The van der Waals surface area contributed by atoms with Gasteiger partial charge in [-0.1, -0.05) is 18.2 Å². The van der Waals surface area contributed by atoms with E-state index in [0.29, 0.717) is 6.42 Å². The van der Waals surface area contributed by atoms with Gasteiger partial charge < -0.3 is 5.32 Å². The molecule has 1 aromatic heterocycles. The first-order chi connectivity index (χ1) is 7.92. The van der Waals surface area contributed by atoms with Crippen molar-refractivity contribution < 1.29 is 0 Å². The van der Waals surface area contributed by atoms with Gasteiger partial charge in [0.05, 0.1) is 11.6 Å². The van der Waals surface area contributed by atoms with Crippen LogP contribution in [0.25, 0.3) is 10.9 Å². The fourth-order valence-electron chi connectivity index (χ4n) is 1.68. The Balaban J connectivity index is 2.15. The van der Waals surface area contributed by atoms with Crippen molar-refractivity contribution in [3.05, 3.63) is 42.1 Å². The van der Waals surface area contributed by atoms with Gasteiger partial charge in [0.15, 0.2) is 0 Å². The SMILES string of the molecule is N#CCCNCc1ccnc2ccccc12. The monoisotopic (exact) mass is 211 g/mol. The smallest absolute Gasteiger partial charge is 0.0705 e. The first-order valence-corrected chi connectivity index (χ1v) is 5.32. The molecular weight excluding hydrogens is 198 g/mol. The highest BCUT2D eigenvalue weighted by Gasteiger charge is 1.99. The van der Waals surface area contributed by atoms with E-state index in [4.69, 9.17) is 5.26 Å². The Kier molecular flexibility index (Phi) is 3.47. The van der Waals surface area contributed by atoms with E-state index in [-0.39, 0.29) is 0 Å². The predicted octanol–water partition coefficient (Wildman–Crippen LogP) is 2.24. The predicted molar refractivity (Wildman–Crippen MR) is 63.7 cm³/mol. The normalized spacial score (nSPS) is 10.2. The molecule has 1 N–H and O–H groups in total. The summed E-state index contributed by atoms with van der Waals surface area (Å²) in [5, 5.41) is 12.9. The fourth-order valence-corrected chi connectivity index (χ4v) is 1.68.